The van der Waals surface area contributed by atoms with Crippen molar-refractivity contribution >= 4 is 38.9 Å². The quantitative estimate of drug-likeness (QED) is 0.583. The lowest BCUT2D eigenvalue weighted by molar-refractivity contribution is 0.0963. The molecule has 0 aliphatic rings. The van der Waals surface area contributed by atoms with E-state index < -0.39 is 11.6 Å². The van der Waals surface area contributed by atoms with Crippen molar-refractivity contribution in [2.24, 2.45) is 0 Å². The number of amides is 1. The van der Waals surface area contributed by atoms with E-state index in [1.165, 1.54) is 25.2 Å². The normalized spacial score (nSPS) is 10.3. The number of hydrogen-bond acceptors (Lipinski definition) is 3. The zero-order valence-corrected chi connectivity index (χ0v) is 12.6. The van der Waals surface area contributed by atoms with Crippen LogP contribution in [0.25, 0.3) is 0 Å². The standard InChI is InChI=1S/C14H12BrF2N3O/c1-19-14(21)7-2-3-11(18)13(4-7)20-12-5-8(15)9(16)6-10(12)17/h2-6,20H,18H2,1H3,(H,19,21). The van der Waals surface area contributed by atoms with Crippen LogP contribution in [0, 0.1) is 11.6 Å². The number of carbonyl (C=O) groups excluding carboxylic acids is 1. The van der Waals surface area contributed by atoms with Gasteiger partial charge in [0.05, 0.1) is 21.5 Å². The van der Waals surface area contributed by atoms with Gasteiger partial charge in [0.1, 0.15) is 11.6 Å². The largest absolute Gasteiger partial charge is 0.397 e. The van der Waals surface area contributed by atoms with Crippen LogP contribution in [0.5, 0.6) is 0 Å². The number of nitrogens with two attached hydrogens (primary N) is 1. The third-order valence-corrected chi connectivity index (χ3v) is 3.43. The van der Waals surface area contributed by atoms with Crippen molar-refractivity contribution in [3.8, 4) is 0 Å². The van der Waals surface area contributed by atoms with Gasteiger partial charge in [0, 0.05) is 18.7 Å². The SMILES string of the molecule is CNC(=O)c1ccc(N)c(Nc2cc(Br)c(F)cc2F)c1. The van der Waals surface area contributed by atoms with E-state index in [-0.39, 0.29) is 16.1 Å². The monoisotopic (exact) mass is 355 g/mol. The second-order valence-corrected chi connectivity index (χ2v) is 5.11. The highest BCUT2D eigenvalue weighted by Crippen LogP contribution is 2.29. The maximum absolute atomic E-state index is 13.7. The van der Waals surface area contributed by atoms with Crippen LogP contribution in [0.2, 0.25) is 0 Å². The van der Waals surface area contributed by atoms with Crippen LogP contribution in [-0.2, 0) is 0 Å². The van der Waals surface area contributed by atoms with Crippen molar-refractivity contribution in [2.45, 2.75) is 0 Å². The molecule has 0 radical (unpaired) electrons. The third-order valence-electron chi connectivity index (χ3n) is 2.82. The summed E-state index contributed by atoms with van der Waals surface area (Å²) in [7, 11) is 1.50. The average molecular weight is 356 g/mol. The summed E-state index contributed by atoms with van der Waals surface area (Å²) < 4.78 is 27.0. The zero-order chi connectivity index (χ0) is 15.6. The lowest BCUT2D eigenvalue weighted by Gasteiger charge is -2.12. The molecule has 0 aromatic heterocycles. The molecule has 110 valence electrons. The summed E-state index contributed by atoms with van der Waals surface area (Å²) in [6.07, 6.45) is 0. The highest BCUT2D eigenvalue weighted by atomic mass is 79.9. The van der Waals surface area contributed by atoms with E-state index >= 15 is 0 Å². The lowest BCUT2D eigenvalue weighted by Crippen LogP contribution is -2.18. The molecule has 0 aliphatic heterocycles. The first-order valence-electron chi connectivity index (χ1n) is 5.95. The highest BCUT2D eigenvalue weighted by Gasteiger charge is 2.11. The number of hydrogen-bond donors (Lipinski definition) is 3. The van der Waals surface area contributed by atoms with E-state index in [0.717, 1.165) is 6.07 Å². The van der Waals surface area contributed by atoms with Crippen LogP contribution in [0.15, 0.2) is 34.8 Å². The highest BCUT2D eigenvalue weighted by molar-refractivity contribution is 9.10. The van der Waals surface area contributed by atoms with Gasteiger partial charge in [0.25, 0.3) is 5.91 Å². The Hall–Kier alpha value is -2.15. The average Bonchev–Trinajstić information content (AvgIpc) is 2.46. The van der Waals surface area contributed by atoms with E-state index in [0.29, 0.717) is 16.9 Å². The fraction of sp³-hybridized carbons (Fsp3) is 0.0714. The molecule has 0 heterocycles. The molecule has 0 saturated heterocycles. The third kappa shape index (κ3) is 3.30. The molecule has 1 amide bonds. The first kappa shape index (κ1) is 15.2. The Kier molecular flexibility index (Phi) is 4.42. The number of halogens is 3. The summed E-state index contributed by atoms with van der Waals surface area (Å²) in [5.74, 6) is -1.76. The number of rotatable bonds is 3. The molecule has 0 spiro atoms. The van der Waals surface area contributed by atoms with Crippen molar-refractivity contribution in [3.63, 3.8) is 0 Å². The minimum Gasteiger partial charge on any atom is -0.397 e. The van der Waals surface area contributed by atoms with E-state index in [2.05, 4.69) is 26.6 Å². The first-order valence-corrected chi connectivity index (χ1v) is 6.75. The van der Waals surface area contributed by atoms with Gasteiger partial charge in [-0.2, -0.15) is 0 Å². The van der Waals surface area contributed by atoms with Gasteiger partial charge in [-0.1, -0.05) is 0 Å². The van der Waals surface area contributed by atoms with Gasteiger partial charge in [-0.25, -0.2) is 8.78 Å². The van der Waals surface area contributed by atoms with Crippen molar-refractivity contribution in [3.05, 3.63) is 52.0 Å². The molecule has 21 heavy (non-hydrogen) atoms. The molecular formula is C14H12BrF2N3O. The number of benzene rings is 2. The molecule has 2 rings (SSSR count). The summed E-state index contributed by atoms with van der Waals surface area (Å²) in [4.78, 5) is 11.6. The Labute approximate surface area is 128 Å². The summed E-state index contributed by atoms with van der Waals surface area (Å²) in [6.45, 7) is 0. The van der Waals surface area contributed by atoms with Crippen molar-refractivity contribution in [1.29, 1.82) is 0 Å². The second-order valence-electron chi connectivity index (χ2n) is 4.25. The zero-order valence-electron chi connectivity index (χ0n) is 11.0. The van der Waals surface area contributed by atoms with Gasteiger partial charge in [-0.15, -0.1) is 0 Å². The molecule has 0 saturated carbocycles. The maximum Gasteiger partial charge on any atom is 0.251 e. The molecule has 0 fully saturated rings. The number of nitrogen functional groups attached to an aromatic ring is 1. The van der Waals surface area contributed by atoms with Crippen LogP contribution in [0.4, 0.5) is 25.8 Å². The van der Waals surface area contributed by atoms with Gasteiger partial charge >= 0.3 is 0 Å². The van der Waals surface area contributed by atoms with E-state index in [1.807, 2.05) is 0 Å². The fourth-order valence-electron chi connectivity index (χ4n) is 1.71. The number of nitrogens with one attached hydrogen (secondary N) is 2. The first-order chi connectivity index (χ1) is 9.92. The van der Waals surface area contributed by atoms with Crippen molar-refractivity contribution in [2.75, 3.05) is 18.1 Å². The minimum absolute atomic E-state index is 0.0454. The van der Waals surface area contributed by atoms with E-state index in [4.69, 9.17) is 5.73 Å². The maximum atomic E-state index is 13.7. The van der Waals surface area contributed by atoms with Gasteiger partial charge in [0.2, 0.25) is 0 Å². The molecule has 4 N–H and O–H groups in total. The lowest BCUT2D eigenvalue weighted by atomic mass is 10.1. The van der Waals surface area contributed by atoms with Crippen LogP contribution < -0.4 is 16.4 Å². The van der Waals surface area contributed by atoms with E-state index in [9.17, 15) is 13.6 Å². The van der Waals surface area contributed by atoms with Crippen LogP contribution in [-0.4, -0.2) is 13.0 Å². The topological polar surface area (TPSA) is 67.2 Å². The predicted molar refractivity (Wildman–Crippen MR) is 81.6 cm³/mol. The second kappa shape index (κ2) is 6.09. The number of anilines is 3. The Morgan fingerprint density at radius 1 is 1.14 bits per heavy atom. The van der Waals surface area contributed by atoms with Crippen molar-refractivity contribution < 1.29 is 13.6 Å². The molecule has 0 aliphatic carbocycles. The van der Waals surface area contributed by atoms with Gasteiger partial charge in [0.15, 0.2) is 0 Å². The fourth-order valence-corrected chi connectivity index (χ4v) is 2.06. The summed E-state index contributed by atoms with van der Waals surface area (Å²) in [6, 6.07) is 6.59. The van der Waals surface area contributed by atoms with Gasteiger partial charge in [-0.3, -0.25) is 4.79 Å². The summed E-state index contributed by atoms with van der Waals surface area (Å²) in [5.41, 5.74) is 6.90. The van der Waals surface area contributed by atoms with Crippen LogP contribution in [0.1, 0.15) is 10.4 Å². The molecule has 0 atom stereocenters. The Morgan fingerprint density at radius 3 is 2.52 bits per heavy atom. The molecule has 7 heteroatoms. The van der Waals surface area contributed by atoms with Gasteiger partial charge < -0.3 is 16.4 Å². The molecule has 2 aromatic rings. The summed E-state index contributed by atoms with van der Waals surface area (Å²) in [5, 5.41) is 5.23. The molecule has 0 bridgehead atoms. The van der Waals surface area contributed by atoms with Crippen LogP contribution >= 0.6 is 15.9 Å². The van der Waals surface area contributed by atoms with Gasteiger partial charge in [-0.05, 0) is 40.2 Å². The van der Waals surface area contributed by atoms with Crippen molar-refractivity contribution in [1.82, 2.24) is 5.32 Å². The smallest absolute Gasteiger partial charge is 0.251 e. The Bertz CT molecular complexity index is 707. The molecule has 0 unspecified atom stereocenters. The summed E-state index contributed by atoms with van der Waals surface area (Å²) >= 11 is 2.98. The molecule has 4 nitrogen and oxygen atoms in total. The number of carbonyl (C=O) groups is 1. The van der Waals surface area contributed by atoms with Crippen LogP contribution in [0.3, 0.4) is 0 Å². The Balaban J connectivity index is 2.39. The van der Waals surface area contributed by atoms with E-state index in [1.54, 1.807) is 6.07 Å². The predicted octanol–water partition coefficient (Wildman–Crippen LogP) is 3.41. The minimum atomic E-state index is -0.763. The molecule has 2 aromatic carbocycles. The molecular weight excluding hydrogens is 344 g/mol. The Morgan fingerprint density at radius 2 is 1.86 bits per heavy atom.